The van der Waals surface area contributed by atoms with Crippen molar-refractivity contribution in [2.45, 2.75) is 31.6 Å². The topological polar surface area (TPSA) is 126 Å². The number of hydrogen-bond acceptors (Lipinski definition) is 7. The number of anilines is 3. The second-order valence-corrected chi connectivity index (χ2v) is 9.63. The first-order chi connectivity index (χ1) is 18.0. The molecule has 37 heavy (non-hydrogen) atoms. The van der Waals surface area contributed by atoms with E-state index in [2.05, 4.69) is 44.9 Å². The highest BCUT2D eigenvalue weighted by Gasteiger charge is 2.35. The van der Waals surface area contributed by atoms with Gasteiger partial charge in [0.1, 0.15) is 5.82 Å². The minimum Gasteiger partial charge on any atom is -0.454 e. The molecule has 0 saturated carbocycles. The van der Waals surface area contributed by atoms with E-state index in [1.807, 2.05) is 11.0 Å². The fraction of sp³-hybridized carbons (Fsp3) is 0.333. The Kier molecular flexibility index (Phi) is 5.99. The molecule has 190 valence electrons. The van der Waals surface area contributed by atoms with Crippen LogP contribution in [0.3, 0.4) is 0 Å². The van der Waals surface area contributed by atoms with E-state index in [-0.39, 0.29) is 30.5 Å². The number of aromatic amines is 1. The molecule has 6 rings (SSSR count). The number of carbonyl (C=O) groups is 2. The second-order valence-electron chi connectivity index (χ2n) is 9.63. The van der Waals surface area contributed by atoms with Crippen LogP contribution in [-0.2, 0) is 16.0 Å². The van der Waals surface area contributed by atoms with Crippen LogP contribution >= 0.6 is 0 Å². The van der Waals surface area contributed by atoms with Crippen molar-refractivity contribution < 1.29 is 19.1 Å². The smallest absolute Gasteiger partial charge is 0.258 e. The van der Waals surface area contributed by atoms with Crippen LogP contribution in [0, 0.1) is 5.92 Å². The zero-order valence-corrected chi connectivity index (χ0v) is 20.2. The lowest BCUT2D eigenvalue weighted by molar-refractivity contribution is -0.123. The molecule has 0 spiro atoms. The van der Waals surface area contributed by atoms with E-state index < -0.39 is 17.4 Å². The maximum atomic E-state index is 13.2. The largest absolute Gasteiger partial charge is 0.454 e. The molecule has 10 heteroatoms. The summed E-state index contributed by atoms with van der Waals surface area (Å²) in [4.78, 5) is 48.2. The third kappa shape index (κ3) is 4.74. The number of carbonyl (C=O) groups excluding carboxylic acids is 2. The van der Waals surface area contributed by atoms with Gasteiger partial charge < -0.3 is 25.0 Å². The van der Waals surface area contributed by atoms with Crippen molar-refractivity contribution in [1.29, 1.82) is 0 Å². The molecule has 0 unspecified atom stereocenters. The van der Waals surface area contributed by atoms with Gasteiger partial charge in [-0.25, -0.2) is 0 Å². The molecule has 10 nitrogen and oxygen atoms in total. The zero-order valence-electron chi connectivity index (χ0n) is 20.2. The molecule has 4 heterocycles. The SMILES string of the molecule is O=C1C[C@H](C(=O)Nc2ccc3c(c2)OCO3)c2c(nc(N3CCC(Cc4ccccc4)CC3)[nH]c2=O)N1. The molecule has 3 N–H and O–H groups in total. The van der Waals surface area contributed by atoms with Crippen molar-refractivity contribution in [2.75, 3.05) is 35.4 Å². The third-order valence-electron chi connectivity index (χ3n) is 7.18. The van der Waals surface area contributed by atoms with Gasteiger partial charge in [0.2, 0.25) is 24.6 Å². The Hall–Kier alpha value is -4.34. The van der Waals surface area contributed by atoms with Crippen molar-refractivity contribution in [3.8, 4) is 11.5 Å². The summed E-state index contributed by atoms with van der Waals surface area (Å²) in [6.07, 6.45) is 2.84. The molecule has 3 aliphatic heterocycles. The van der Waals surface area contributed by atoms with Gasteiger partial charge in [-0.05, 0) is 42.9 Å². The summed E-state index contributed by atoms with van der Waals surface area (Å²) in [5.74, 6) is 0.462. The van der Waals surface area contributed by atoms with Gasteiger partial charge in [0, 0.05) is 31.3 Å². The predicted octanol–water partition coefficient (Wildman–Crippen LogP) is 3.02. The Morgan fingerprint density at radius 1 is 1.05 bits per heavy atom. The van der Waals surface area contributed by atoms with Gasteiger partial charge in [-0.1, -0.05) is 30.3 Å². The maximum Gasteiger partial charge on any atom is 0.258 e. The van der Waals surface area contributed by atoms with Gasteiger partial charge >= 0.3 is 0 Å². The second kappa shape index (κ2) is 9.61. The Labute approximate surface area is 213 Å². The predicted molar refractivity (Wildman–Crippen MR) is 137 cm³/mol. The monoisotopic (exact) mass is 501 g/mol. The molecule has 3 aromatic rings. The number of rotatable bonds is 5. The molecule has 1 aromatic heterocycles. The molecule has 2 aromatic carbocycles. The number of piperidine rings is 1. The lowest BCUT2D eigenvalue weighted by Crippen LogP contribution is -2.40. The van der Waals surface area contributed by atoms with Crippen molar-refractivity contribution in [3.05, 3.63) is 70.0 Å². The van der Waals surface area contributed by atoms with E-state index in [1.54, 1.807) is 18.2 Å². The Morgan fingerprint density at radius 3 is 2.65 bits per heavy atom. The molecule has 1 atom stereocenters. The highest BCUT2D eigenvalue weighted by atomic mass is 16.7. The van der Waals surface area contributed by atoms with Gasteiger partial charge in [-0.2, -0.15) is 4.98 Å². The molecule has 2 amide bonds. The van der Waals surface area contributed by atoms with Crippen LogP contribution in [0.2, 0.25) is 0 Å². The van der Waals surface area contributed by atoms with E-state index in [1.165, 1.54) is 5.56 Å². The molecule has 0 bridgehead atoms. The number of nitrogens with one attached hydrogen (secondary N) is 3. The fourth-order valence-corrected chi connectivity index (χ4v) is 5.23. The summed E-state index contributed by atoms with van der Waals surface area (Å²) in [6.45, 7) is 1.62. The fourth-order valence-electron chi connectivity index (χ4n) is 5.23. The lowest BCUT2D eigenvalue weighted by atomic mass is 9.90. The van der Waals surface area contributed by atoms with Crippen LogP contribution in [0.15, 0.2) is 53.3 Å². The first-order valence-electron chi connectivity index (χ1n) is 12.5. The van der Waals surface area contributed by atoms with Crippen LogP contribution in [0.25, 0.3) is 0 Å². The number of aromatic nitrogens is 2. The Bertz CT molecular complexity index is 1400. The average molecular weight is 502 g/mol. The number of benzene rings is 2. The van der Waals surface area contributed by atoms with Gasteiger partial charge in [0.15, 0.2) is 11.5 Å². The van der Waals surface area contributed by atoms with Crippen molar-refractivity contribution >= 4 is 29.3 Å². The van der Waals surface area contributed by atoms with Crippen LogP contribution < -0.4 is 30.6 Å². The minimum atomic E-state index is -0.962. The number of fused-ring (bicyclic) bond motifs is 2. The summed E-state index contributed by atoms with van der Waals surface area (Å²) < 4.78 is 10.7. The number of nitrogens with zero attached hydrogens (tertiary/aromatic N) is 2. The average Bonchev–Trinajstić information content (AvgIpc) is 3.37. The first-order valence-corrected chi connectivity index (χ1v) is 12.5. The molecular formula is C27H27N5O5. The number of H-pyrrole nitrogens is 1. The summed E-state index contributed by atoms with van der Waals surface area (Å²) in [7, 11) is 0. The zero-order chi connectivity index (χ0) is 25.4. The van der Waals surface area contributed by atoms with E-state index in [9.17, 15) is 14.4 Å². The maximum absolute atomic E-state index is 13.2. The van der Waals surface area contributed by atoms with Gasteiger partial charge in [0.25, 0.3) is 5.56 Å². The quantitative estimate of drug-likeness (QED) is 0.491. The van der Waals surface area contributed by atoms with E-state index in [4.69, 9.17) is 9.47 Å². The Morgan fingerprint density at radius 2 is 1.84 bits per heavy atom. The molecule has 1 fully saturated rings. The highest BCUT2D eigenvalue weighted by Crippen LogP contribution is 2.36. The Balaban J connectivity index is 1.17. The van der Waals surface area contributed by atoms with Gasteiger partial charge in [0.05, 0.1) is 11.5 Å². The van der Waals surface area contributed by atoms with Crippen molar-refractivity contribution in [3.63, 3.8) is 0 Å². The summed E-state index contributed by atoms with van der Waals surface area (Å²) in [5.41, 5.74) is 1.56. The summed E-state index contributed by atoms with van der Waals surface area (Å²) >= 11 is 0. The molecule has 3 aliphatic rings. The van der Waals surface area contributed by atoms with Crippen molar-refractivity contribution in [1.82, 2.24) is 9.97 Å². The van der Waals surface area contributed by atoms with Crippen LogP contribution in [0.5, 0.6) is 11.5 Å². The standard InChI is InChI=1S/C27H27N5O5/c33-22-14-19(25(34)28-18-6-7-20-21(13-18)37-15-36-20)23-24(29-22)30-27(31-26(23)35)32-10-8-17(9-11-32)12-16-4-2-1-3-5-16/h1-7,13,17,19H,8-12,14-15H2,(H,28,34)(H2,29,30,31,33,35)/t19-/m0/s1. The number of ether oxygens (including phenoxy) is 2. The lowest BCUT2D eigenvalue weighted by Gasteiger charge is -2.33. The highest BCUT2D eigenvalue weighted by molar-refractivity contribution is 6.04. The van der Waals surface area contributed by atoms with Crippen LogP contribution in [0.4, 0.5) is 17.5 Å². The third-order valence-corrected chi connectivity index (χ3v) is 7.18. The summed E-state index contributed by atoms with van der Waals surface area (Å²) in [6, 6.07) is 15.5. The van der Waals surface area contributed by atoms with Crippen molar-refractivity contribution in [2.24, 2.45) is 5.92 Å². The first kappa shape index (κ1) is 23.1. The molecular weight excluding hydrogens is 474 g/mol. The van der Waals surface area contributed by atoms with E-state index >= 15 is 0 Å². The van der Waals surface area contributed by atoms with E-state index in [0.717, 1.165) is 32.4 Å². The minimum absolute atomic E-state index is 0.122. The normalized spacial score (nSPS) is 18.8. The molecule has 0 aliphatic carbocycles. The van der Waals surface area contributed by atoms with Gasteiger partial charge in [-0.15, -0.1) is 0 Å². The number of amides is 2. The van der Waals surface area contributed by atoms with Crippen LogP contribution in [0.1, 0.15) is 36.3 Å². The molecule has 0 radical (unpaired) electrons. The van der Waals surface area contributed by atoms with Crippen LogP contribution in [-0.4, -0.2) is 41.7 Å². The summed E-state index contributed by atoms with van der Waals surface area (Å²) in [5, 5.41) is 5.48. The van der Waals surface area contributed by atoms with Gasteiger partial charge in [-0.3, -0.25) is 19.4 Å². The van der Waals surface area contributed by atoms with E-state index in [0.29, 0.717) is 29.1 Å². The number of hydrogen-bond donors (Lipinski definition) is 3. The molecule has 1 saturated heterocycles.